The normalized spacial score (nSPS) is 21.1. The Hall–Kier alpha value is 1.12. The Morgan fingerprint density at radius 3 is 1.87 bits per heavy atom. The Bertz CT molecular complexity index is 378. The van der Waals surface area contributed by atoms with Crippen LogP contribution in [0.15, 0.2) is 22.3 Å². The molecule has 1 rings (SSSR count). The average molecular weight is 476 g/mol. The summed E-state index contributed by atoms with van der Waals surface area (Å²) in [4.78, 5) is 12.2. The molecule has 4 heteroatoms. The minimum atomic E-state index is -0.558. The molecular weight excluding hydrogens is 461 g/mol. The van der Waals surface area contributed by atoms with E-state index in [4.69, 9.17) is 0 Å². The van der Waals surface area contributed by atoms with E-state index in [0.717, 1.165) is 5.57 Å². The quantitative estimate of drug-likeness (QED) is 0.536. The zero-order valence-electron chi connectivity index (χ0n) is 9.50. The number of hydrogen-bond acceptors (Lipinski definition) is 1. The van der Waals surface area contributed by atoms with E-state index < -0.39 is 7.22 Å². The molecule has 0 fully saturated rings. The van der Waals surface area contributed by atoms with Crippen molar-refractivity contribution in [2.45, 2.75) is 34.6 Å². The third kappa shape index (κ3) is 2.37. The van der Waals surface area contributed by atoms with Crippen molar-refractivity contribution in [1.29, 1.82) is 0 Å². The molecule has 0 aromatic carbocycles. The first kappa shape index (κ1) is 14.2. The number of rotatable bonds is 2. The van der Waals surface area contributed by atoms with Crippen LogP contribution in [-0.2, 0) is 12.0 Å². The third-order valence-corrected chi connectivity index (χ3v) is 6.67. The van der Waals surface area contributed by atoms with Gasteiger partial charge in [-0.05, 0) is 0 Å². The van der Waals surface area contributed by atoms with E-state index in [1.165, 1.54) is 16.7 Å². The van der Waals surface area contributed by atoms with Gasteiger partial charge in [0, 0.05) is 0 Å². The van der Waals surface area contributed by atoms with E-state index >= 15 is 0 Å². The van der Waals surface area contributed by atoms with Gasteiger partial charge in [0.1, 0.15) is 0 Å². The van der Waals surface area contributed by atoms with Crippen LogP contribution in [-0.4, -0.2) is 4.72 Å². The number of carbonyl (C=O) groups excluding carboxylic acids is 1. The summed E-state index contributed by atoms with van der Waals surface area (Å²) in [5.41, 5.74) is 4.80. The summed E-state index contributed by atoms with van der Waals surface area (Å²) < 4.78 is 0.336. The molecule has 0 aliphatic heterocycles. The van der Waals surface area contributed by atoms with E-state index in [9.17, 15) is 4.79 Å². The molecule has 0 spiro atoms. The van der Waals surface area contributed by atoms with Crippen LogP contribution in [0.1, 0.15) is 34.6 Å². The molecule has 0 aromatic heterocycles. The zero-order chi connectivity index (χ0) is 12.0. The molecule has 0 bridgehead atoms. The fourth-order valence-corrected chi connectivity index (χ4v) is 4.23. The third-order valence-electron chi connectivity index (χ3n) is 3.36. The fourth-order valence-electron chi connectivity index (χ4n) is 2.03. The number of hydrogen-bond donors (Lipinski definition) is 0. The van der Waals surface area contributed by atoms with Crippen molar-refractivity contribution >= 4 is 45.5 Å². The van der Waals surface area contributed by atoms with Gasteiger partial charge in [0.05, 0.1) is 0 Å². The number of halogens is 2. The summed E-state index contributed by atoms with van der Waals surface area (Å²) in [5, 5.41) is 0. The second kappa shape index (κ2) is 4.78. The fraction of sp³-hybridized carbons (Fsp3) is 0.545. The molecule has 1 aliphatic carbocycles. The van der Waals surface area contributed by atoms with E-state index in [2.05, 4.69) is 75.4 Å². The molecule has 0 unspecified atom stereocenters. The predicted molar refractivity (Wildman–Crippen MR) is 77.9 cm³/mol. The van der Waals surface area contributed by atoms with E-state index in [1.54, 1.807) is 0 Å². The molecule has 15 heavy (non-hydrogen) atoms. The van der Waals surface area contributed by atoms with Gasteiger partial charge >= 0.3 is 120 Å². The number of allylic oxidation sites excluding steroid dienone is 4. The Labute approximate surface area is 119 Å². The summed E-state index contributed by atoms with van der Waals surface area (Å²) in [6, 6.07) is 0. The van der Waals surface area contributed by atoms with Crippen molar-refractivity contribution in [2.24, 2.45) is 5.41 Å². The van der Waals surface area contributed by atoms with Crippen LogP contribution in [0.5, 0.6) is 0 Å². The SMILES string of the molecule is CC1=C(C)C(C)(C)C([C](=O)[Co]([I])[I])=C1C. The van der Waals surface area contributed by atoms with Crippen molar-refractivity contribution < 1.29 is 12.0 Å². The van der Waals surface area contributed by atoms with Crippen molar-refractivity contribution in [2.75, 3.05) is 0 Å². The molecule has 0 saturated carbocycles. The van der Waals surface area contributed by atoms with Crippen molar-refractivity contribution in [3.63, 3.8) is 0 Å². The standard InChI is InChI=1S/C11H15O.Co.2HI/c1-7-8(2)10(6-12)11(4,5)9(7)3;;;/h1-5H3;;2*1H/q;+2;;/p-2. The molecule has 1 nitrogen and oxygen atoms in total. The van der Waals surface area contributed by atoms with E-state index in [1.807, 2.05) is 0 Å². The molecule has 1 aliphatic rings. The van der Waals surface area contributed by atoms with Crippen molar-refractivity contribution in [1.82, 2.24) is 0 Å². The van der Waals surface area contributed by atoms with Gasteiger partial charge < -0.3 is 0 Å². The summed E-state index contributed by atoms with van der Waals surface area (Å²) in [5.74, 6) is 0. The molecule has 0 N–H and O–H groups in total. The summed E-state index contributed by atoms with van der Waals surface area (Å²) in [6.45, 7) is 10.6. The molecular formula is C11H15CoI2O. The van der Waals surface area contributed by atoms with E-state index in [-0.39, 0.29) is 5.41 Å². The summed E-state index contributed by atoms with van der Waals surface area (Å²) >= 11 is 4.49. The average Bonchev–Trinajstić information content (AvgIpc) is 2.27. The van der Waals surface area contributed by atoms with Crippen LogP contribution in [0.25, 0.3) is 0 Å². The summed E-state index contributed by atoms with van der Waals surface area (Å²) in [7, 11) is -0.558. The number of carbonyl (C=O) groups is 1. The van der Waals surface area contributed by atoms with E-state index in [0.29, 0.717) is 4.72 Å². The van der Waals surface area contributed by atoms with Crippen molar-refractivity contribution in [3.8, 4) is 0 Å². The van der Waals surface area contributed by atoms with Crippen LogP contribution >= 0.6 is 40.8 Å². The van der Waals surface area contributed by atoms with Crippen LogP contribution in [0.2, 0.25) is 0 Å². The Kier molecular flexibility index (Phi) is 4.51. The predicted octanol–water partition coefficient (Wildman–Crippen LogP) is 4.52. The van der Waals surface area contributed by atoms with Crippen LogP contribution in [0.3, 0.4) is 0 Å². The Morgan fingerprint density at radius 1 is 1.13 bits per heavy atom. The van der Waals surface area contributed by atoms with Gasteiger partial charge in [0.15, 0.2) is 0 Å². The second-order valence-electron chi connectivity index (χ2n) is 4.30. The van der Waals surface area contributed by atoms with Gasteiger partial charge in [-0.15, -0.1) is 0 Å². The molecule has 0 saturated heterocycles. The van der Waals surface area contributed by atoms with Crippen LogP contribution in [0.4, 0.5) is 0 Å². The Morgan fingerprint density at radius 2 is 1.60 bits per heavy atom. The molecule has 0 amide bonds. The zero-order valence-corrected chi connectivity index (χ0v) is 14.9. The van der Waals surface area contributed by atoms with Crippen LogP contribution in [0, 0.1) is 5.41 Å². The molecule has 0 atom stereocenters. The first-order valence-electron chi connectivity index (χ1n) is 4.62. The minimum absolute atomic E-state index is 0.0679. The van der Waals surface area contributed by atoms with Crippen molar-refractivity contribution in [3.05, 3.63) is 22.3 Å². The second-order valence-corrected chi connectivity index (χ2v) is 16.9. The molecule has 0 heterocycles. The van der Waals surface area contributed by atoms with Gasteiger partial charge in [-0.3, -0.25) is 0 Å². The molecule has 0 radical (unpaired) electrons. The van der Waals surface area contributed by atoms with Gasteiger partial charge in [0.25, 0.3) is 0 Å². The first-order valence-corrected chi connectivity index (χ1v) is 11.9. The maximum absolute atomic E-state index is 12.2. The van der Waals surface area contributed by atoms with Gasteiger partial charge in [-0.2, -0.15) is 0 Å². The maximum atomic E-state index is 12.2. The molecule has 88 valence electrons. The Balaban J connectivity index is 3.29. The topological polar surface area (TPSA) is 17.1 Å². The van der Waals surface area contributed by atoms with Crippen LogP contribution < -0.4 is 0 Å². The first-order chi connectivity index (χ1) is 6.71. The van der Waals surface area contributed by atoms with Gasteiger partial charge in [-0.1, -0.05) is 0 Å². The molecule has 0 aromatic rings. The van der Waals surface area contributed by atoms with Gasteiger partial charge in [-0.25, -0.2) is 0 Å². The monoisotopic (exact) mass is 476 g/mol. The summed E-state index contributed by atoms with van der Waals surface area (Å²) in [6.07, 6.45) is 0. The van der Waals surface area contributed by atoms with Gasteiger partial charge in [0.2, 0.25) is 0 Å².